The molecule has 2 unspecified atom stereocenters. The van der Waals surface area contributed by atoms with Gasteiger partial charge in [-0.2, -0.15) is 0 Å². The summed E-state index contributed by atoms with van der Waals surface area (Å²) in [5, 5.41) is 23.2. The second-order valence-electron chi connectivity index (χ2n) is 3.65. The van der Waals surface area contributed by atoms with Crippen molar-refractivity contribution >= 4 is 11.9 Å². The lowest BCUT2D eigenvalue weighted by Crippen LogP contribution is -2.50. The van der Waals surface area contributed by atoms with Crippen molar-refractivity contribution in [2.24, 2.45) is 0 Å². The number of aliphatic hydroxyl groups is 1. The quantitative estimate of drug-likeness (QED) is 0.457. The predicted molar refractivity (Wildman–Crippen MR) is 52.3 cm³/mol. The second-order valence-corrected chi connectivity index (χ2v) is 3.65. The summed E-state index contributed by atoms with van der Waals surface area (Å²) in [5.41, 5.74) is 0. The average Bonchev–Trinajstić information content (AvgIpc) is 2.15. The minimum Gasteiger partial charge on any atom is -0.481 e. The van der Waals surface area contributed by atoms with Gasteiger partial charge in [0.15, 0.2) is 0 Å². The van der Waals surface area contributed by atoms with E-state index in [2.05, 4.69) is 10.6 Å². The number of aliphatic hydroxyl groups excluding tert-OH is 1. The van der Waals surface area contributed by atoms with Crippen LogP contribution >= 0.6 is 0 Å². The Bertz CT molecular complexity index is 244. The third kappa shape index (κ3) is 4.26. The molecule has 1 saturated heterocycles. The molecular formula is C9H16N2O4. The number of carbonyl (C=O) groups is 2. The molecule has 1 fully saturated rings. The van der Waals surface area contributed by atoms with Gasteiger partial charge in [0.1, 0.15) is 0 Å². The van der Waals surface area contributed by atoms with Crippen LogP contribution in [0.2, 0.25) is 0 Å². The molecule has 86 valence electrons. The number of aliphatic carboxylic acids is 1. The van der Waals surface area contributed by atoms with Gasteiger partial charge >= 0.3 is 5.97 Å². The molecule has 1 rings (SSSR count). The summed E-state index contributed by atoms with van der Waals surface area (Å²) in [7, 11) is 0. The normalized spacial score (nSPS) is 23.3. The summed E-state index contributed by atoms with van der Waals surface area (Å²) >= 11 is 0. The van der Waals surface area contributed by atoms with Gasteiger partial charge < -0.3 is 20.8 Å². The minimum atomic E-state index is -1.04. The van der Waals surface area contributed by atoms with E-state index in [4.69, 9.17) is 5.11 Å². The zero-order chi connectivity index (χ0) is 11.3. The Labute approximate surface area is 87.7 Å². The Morgan fingerprint density at radius 2 is 2.40 bits per heavy atom. The van der Waals surface area contributed by atoms with E-state index in [0.29, 0.717) is 6.54 Å². The largest absolute Gasteiger partial charge is 0.481 e. The van der Waals surface area contributed by atoms with Crippen LogP contribution < -0.4 is 10.6 Å². The Hall–Kier alpha value is -1.14. The van der Waals surface area contributed by atoms with Crippen LogP contribution in [0, 0.1) is 0 Å². The summed E-state index contributed by atoms with van der Waals surface area (Å²) in [4.78, 5) is 21.5. The lowest BCUT2D eigenvalue weighted by molar-refractivity contribution is -0.139. The van der Waals surface area contributed by atoms with Gasteiger partial charge in [0.05, 0.1) is 18.6 Å². The second kappa shape index (κ2) is 5.67. The Morgan fingerprint density at radius 1 is 1.67 bits per heavy atom. The van der Waals surface area contributed by atoms with E-state index < -0.39 is 12.1 Å². The molecule has 1 amide bonds. The first-order valence-electron chi connectivity index (χ1n) is 5.00. The van der Waals surface area contributed by atoms with E-state index in [1.54, 1.807) is 0 Å². The lowest BCUT2D eigenvalue weighted by atomic mass is 10.1. The number of hydrogen-bond donors (Lipinski definition) is 4. The fraction of sp³-hybridized carbons (Fsp3) is 0.778. The third-order valence-electron chi connectivity index (χ3n) is 2.30. The summed E-state index contributed by atoms with van der Waals surface area (Å²) in [6.45, 7) is 0.819. The third-order valence-corrected chi connectivity index (χ3v) is 2.30. The molecule has 4 N–H and O–H groups in total. The molecule has 0 bridgehead atoms. The molecule has 2 atom stereocenters. The predicted octanol–water partition coefficient (Wildman–Crippen LogP) is -1.31. The van der Waals surface area contributed by atoms with Gasteiger partial charge in [0.25, 0.3) is 0 Å². The monoisotopic (exact) mass is 216 g/mol. The first-order valence-corrected chi connectivity index (χ1v) is 5.00. The van der Waals surface area contributed by atoms with Crippen LogP contribution in [-0.2, 0) is 9.59 Å². The number of rotatable bonds is 5. The van der Waals surface area contributed by atoms with Gasteiger partial charge in [-0.1, -0.05) is 0 Å². The fourth-order valence-electron chi connectivity index (χ4n) is 1.52. The van der Waals surface area contributed by atoms with Crippen LogP contribution in [0.4, 0.5) is 0 Å². The number of nitrogens with one attached hydrogen (secondary N) is 2. The lowest BCUT2D eigenvalue weighted by Gasteiger charge is -2.23. The van der Waals surface area contributed by atoms with Gasteiger partial charge in [0.2, 0.25) is 5.91 Å². The molecule has 15 heavy (non-hydrogen) atoms. The van der Waals surface area contributed by atoms with Crippen LogP contribution in [0.3, 0.4) is 0 Å². The summed E-state index contributed by atoms with van der Waals surface area (Å²) in [5.74, 6) is -1.12. The maximum absolute atomic E-state index is 11.3. The highest BCUT2D eigenvalue weighted by atomic mass is 16.4. The Kier molecular flexibility index (Phi) is 4.51. The number of amides is 1. The van der Waals surface area contributed by atoms with Gasteiger partial charge in [-0.25, -0.2) is 0 Å². The number of carboxylic acids is 1. The molecule has 0 aromatic heterocycles. The molecule has 6 nitrogen and oxygen atoms in total. The molecular weight excluding hydrogens is 200 g/mol. The van der Waals surface area contributed by atoms with E-state index in [0.717, 1.165) is 12.8 Å². The summed E-state index contributed by atoms with van der Waals surface area (Å²) in [6, 6.07) is -0.304. The molecule has 0 spiro atoms. The molecule has 0 aliphatic carbocycles. The van der Waals surface area contributed by atoms with Crippen molar-refractivity contribution in [3.05, 3.63) is 0 Å². The molecule has 0 saturated carbocycles. The van der Waals surface area contributed by atoms with E-state index in [1.165, 1.54) is 0 Å². The van der Waals surface area contributed by atoms with Crippen molar-refractivity contribution in [1.29, 1.82) is 0 Å². The van der Waals surface area contributed by atoms with Crippen molar-refractivity contribution in [1.82, 2.24) is 10.6 Å². The van der Waals surface area contributed by atoms with Gasteiger partial charge in [-0.15, -0.1) is 0 Å². The van der Waals surface area contributed by atoms with Crippen molar-refractivity contribution in [2.45, 2.75) is 31.4 Å². The van der Waals surface area contributed by atoms with E-state index in [1.807, 2.05) is 0 Å². The van der Waals surface area contributed by atoms with Crippen LogP contribution in [0.5, 0.6) is 0 Å². The highest BCUT2D eigenvalue weighted by Crippen LogP contribution is 2.03. The molecule has 6 heteroatoms. The summed E-state index contributed by atoms with van der Waals surface area (Å²) in [6.07, 6.45) is 0.378. The van der Waals surface area contributed by atoms with E-state index >= 15 is 0 Å². The molecule has 1 aliphatic heterocycles. The molecule has 0 aromatic rings. The molecule has 0 aromatic carbocycles. The average molecular weight is 216 g/mol. The van der Waals surface area contributed by atoms with Crippen LogP contribution in [-0.4, -0.2) is 47.3 Å². The minimum absolute atomic E-state index is 0.0798. The van der Waals surface area contributed by atoms with E-state index in [-0.39, 0.29) is 24.9 Å². The zero-order valence-corrected chi connectivity index (χ0v) is 8.40. The number of hydrogen-bond acceptors (Lipinski definition) is 4. The highest BCUT2D eigenvalue weighted by Gasteiger charge is 2.22. The van der Waals surface area contributed by atoms with Crippen molar-refractivity contribution in [3.8, 4) is 0 Å². The van der Waals surface area contributed by atoms with Gasteiger partial charge in [0, 0.05) is 13.1 Å². The highest BCUT2D eigenvalue weighted by molar-refractivity contribution is 5.82. The Balaban J connectivity index is 2.23. The van der Waals surface area contributed by atoms with Gasteiger partial charge in [-0.3, -0.25) is 9.59 Å². The first kappa shape index (κ1) is 11.9. The molecule has 0 radical (unpaired) electrons. The van der Waals surface area contributed by atoms with Crippen LogP contribution in [0.15, 0.2) is 0 Å². The van der Waals surface area contributed by atoms with Crippen LogP contribution in [0.1, 0.15) is 19.3 Å². The van der Waals surface area contributed by atoms with Gasteiger partial charge in [-0.05, 0) is 12.8 Å². The first-order chi connectivity index (χ1) is 7.09. The van der Waals surface area contributed by atoms with Crippen molar-refractivity contribution < 1.29 is 19.8 Å². The SMILES string of the molecule is O=C(O)CC(O)CNC1CCCNC1=O. The number of carbonyl (C=O) groups excluding carboxylic acids is 1. The van der Waals surface area contributed by atoms with Crippen molar-refractivity contribution in [3.63, 3.8) is 0 Å². The smallest absolute Gasteiger partial charge is 0.306 e. The molecule has 1 aliphatic rings. The number of carboxylic acid groups (broad SMARTS) is 1. The number of piperidine rings is 1. The van der Waals surface area contributed by atoms with Crippen molar-refractivity contribution in [2.75, 3.05) is 13.1 Å². The topological polar surface area (TPSA) is 98.7 Å². The Morgan fingerprint density at radius 3 is 3.00 bits per heavy atom. The maximum atomic E-state index is 11.3. The van der Waals surface area contributed by atoms with Crippen LogP contribution in [0.25, 0.3) is 0 Å². The molecule has 1 heterocycles. The zero-order valence-electron chi connectivity index (χ0n) is 8.40. The van der Waals surface area contributed by atoms with E-state index in [9.17, 15) is 14.7 Å². The fourth-order valence-corrected chi connectivity index (χ4v) is 1.52. The standard InChI is InChI=1S/C9H16N2O4/c12-6(4-8(13)14)5-11-7-2-1-3-10-9(7)15/h6-7,11-12H,1-5H2,(H,10,15)(H,13,14). The maximum Gasteiger partial charge on any atom is 0.306 e. The summed E-state index contributed by atoms with van der Waals surface area (Å²) < 4.78 is 0.